The highest BCUT2D eigenvalue weighted by atomic mass is 16.4. The van der Waals surface area contributed by atoms with Crippen molar-refractivity contribution in [1.82, 2.24) is 9.80 Å². The van der Waals surface area contributed by atoms with Crippen LogP contribution in [0.4, 0.5) is 0 Å². The van der Waals surface area contributed by atoms with E-state index in [1.54, 1.807) is 0 Å². The van der Waals surface area contributed by atoms with Crippen molar-refractivity contribution in [1.29, 1.82) is 0 Å². The number of imide groups is 1. The van der Waals surface area contributed by atoms with Gasteiger partial charge >= 0.3 is 5.97 Å². The van der Waals surface area contributed by atoms with Crippen LogP contribution in [-0.4, -0.2) is 57.9 Å². The lowest BCUT2D eigenvalue weighted by atomic mass is 9.76. The van der Waals surface area contributed by atoms with Crippen molar-refractivity contribution >= 4 is 17.8 Å². The average molecular weight is 296 g/mol. The van der Waals surface area contributed by atoms with Crippen LogP contribution in [0, 0.1) is 11.3 Å². The molecule has 2 fully saturated rings. The standard InChI is InChI=1S/C15H24N2O4/c1-9(2)15(14(20)21)5-6-16(8-15)11-7-12(18)17(10(3)4)13(11)19/h9-11H,5-8H2,1-4H3,(H,20,21). The van der Waals surface area contributed by atoms with Crippen molar-refractivity contribution in [2.24, 2.45) is 11.3 Å². The van der Waals surface area contributed by atoms with Gasteiger partial charge in [-0.15, -0.1) is 0 Å². The zero-order chi connectivity index (χ0) is 15.9. The van der Waals surface area contributed by atoms with E-state index >= 15 is 0 Å². The van der Waals surface area contributed by atoms with E-state index in [0.717, 1.165) is 0 Å². The number of carboxylic acid groups (broad SMARTS) is 1. The van der Waals surface area contributed by atoms with Crippen molar-refractivity contribution in [3.05, 3.63) is 0 Å². The van der Waals surface area contributed by atoms with E-state index in [2.05, 4.69) is 0 Å². The van der Waals surface area contributed by atoms with Gasteiger partial charge in [0.05, 0.1) is 17.9 Å². The molecule has 2 heterocycles. The summed E-state index contributed by atoms with van der Waals surface area (Å²) in [5.41, 5.74) is -0.811. The highest BCUT2D eigenvalue weighted by Crippen LogP contribution is 2.40. The first-order valence-corrected chi connectivity index (χ1v) is 7.54. The molecule has 2 amide bonds. The lowest BCUT2D eigenvalue weighted by Crippen LogP contribution is -2.45. The Bertz CT molecular complexity index is 474. The van der Waals surface area contributed by atoms with Gasteiger partial charge in [0.25, 0.3) is 0 Å². The van der Waals surface area contributed by atoms with E-state index in [4.69, 9.17) is 0 Å². The van der Waals surface area contributed by atoms with Crippen LogP contribution in [-0.2, 0) is 14.4 Å². The summed E-state index contributed by atoms with van der Waals surface area (Å²) < 4.78 is 0. The number of amides is 2. The average Bonchev–Trinajstić information content (AvgIpc) is 2.91. The number of carbonyl (C=O) groups excluding carboxylic acids is 2. The van der Waals surface area contributed by atoms with E-state index in [-0.39, 0.29) is 30.2 Å². The molecule has 2 aliphatic rings. The van der Waals surface area contributed by atoms with Crippen molar-refractivity contribution in [2.75, 3.05) is 13.1 Å². The zero-order valence-electron chi connectivity index (χ0n) is 13.1. The molecule has 0 spiro atoms. The number of hydrogen-bond donors (Lipinski definition) is 1. The summed E-state index contributed by atoms with van der Waals surface area (Å²) in [7, 11) is 0. The lowest BCUT2D eigenvalue weighted by Gasteiger charge is -2.30. The quantitative estimate of drug-likeness (QED) is 0.782. The van der Waals surface area contributed by atoms with Gasteiger partial charge in [0.2, 0.25) is 11.8 Å². The fourth-order valence-electron chi connectivity index (χ4n) is 3.48. The second-order valence-corrected chi connectivity index (χ2v) is 6.75. The van der Waals surface area contributed by atoms with Crippen LogP contribution in [0.25, 0.3) is 0 Å². The first-order valence-electron chi connectivity index (χ1n) is 7.54. The molecule has 118 valence electrons. The summed E-state index contributed by atoms with van der Waals surface area (Å²) in [6.07, 6.45) is 0.699. The molecule has 0 radical (unpaired) electrons. The van der Waals surface area contributed by atoms with Gasteiger partial charge in [0, 0.05) is 19.1 Å². The third-order valence-corrected chi connectivity index (χ3v) is 4.98. The predicted molar refractivity (Wildman–Crippen MR) is 76.5 cm³/mol. The van der Waals surface area contributed by atoms with E-state index in [1.165, 1.54) is 4.90 Å². The topological polar surface area (TPSA) is 77.9 Å². The Balaban J connectivity index is 2.17. The highest BCUT2D eigenvalue weighted by molar-refractivity contribution is 6.05. The molecule has 2 aliphatic heterocycles. The van der Waals surface area contributed by atoms with Gasteiger partial charge < -0.3 is 5.11 Å². The lowest BCUT2D eigenvalue weighted by molar-refractivity contribution is -0.151. The van der Waals surface area contributed by atoms with E-state index < -0.39 is 17.4 Å². The molecule has 0 aromatic heterocycles. The molecule has 2 atom stereocenters. The van der Waals surface area contributed by atoms with Gasteiger partial charge in [-0.2, -0.15) is 0 Å². The molecule has 0 aromatic carbocycles. The fraction of sp³-hybridized carbons (Fsp3) is 0.800. The number of carbonyl (C=O) groups is 3. The zero-order valence-corrected chi connectivity index (χ0v) is 13.1. The molecule has 2 unspecified atom stereocenters. The number of rotatable bonds is 4. The SMILES string of the molecule is CC(C)N1C(=O)CC(N2CCC(C(=O)O)(C(C)C)C2)C1=O. The first-order chi connectivity index (χ1) is 9.70. The molecule has 21 heavy (non-hydrogen) atoms. The van der Waals surface area contributed by atoms with Crippen LogP contribution in [0.1, 0.15) is 40.5 Å². The smallest absolute Gasteiger partial charge is 0.311 e. The minimum atomic E-state index is -0.811. The molecule has 0 aliphatic carbocycles. The van der Waals surface area contributed by atoms with Crippen LogP contribution < -0.4 is 0 Å². The Morgan fingerprint density at radius 2 is 1.90 bits per heavy atom. The highest BCUT2D eigenvalue weighted by Gasteiger charge is 2.52. The second-order valence-electron chi connectivity index (χ2n) is 6.75. The van der Waals surface area contributed by atoms with Crippen molar-refractivity contribution in [3.8, 4) is 0 Å². The van der Waals surface area contributed by atoms with Crippen LogP contribution in [0.15, 0.2) is 0 Å². The monoisotopic (exact) mass is 296 g/mol. The number of nitrogens with zero attached hydrogens (tertiary/aromatic N) is 2. The van der Waals surface area contributed by atoms with Crippen LogP contribution in [0.2, 0.25) is 0 Å². The summed E-state index contributed by atoms with van der Waals surface area (Å²) in [6, 6.07) is -0.633. The summed E-state index contributed by atoms with van der Waals surface area (Å²) in [4.78, 5) is 39.2. The van der Waals surface area contributed by atoms with Gasteiger partial charge in [-0.3, -0.25) is 24.2 Å². The molecular formula is C15H24N2O4. The normalized spacial score (nSPS) is 31.0. The van der Waals surface area contributed by atoms with E-state index in [1.807, 2.05) is 32.6 Å². The number of aliphatic carboxylic acids is 1. The summed E-state index contributed by atoms with van der Waals surface area (Å²) in [5, 5.41) is 9.56. The molecule has 0 aromatic rings. The van der Waals surface area contributed by atoms with Crippen LogP contribution >= 0.6 is 0 Å². The fourth-order valence-corrected chi connectivity index (χ4v) is 3.48. The third-order valence-electron chi connectivity index (χ3n) is 4.98. The Hall–Kier alpha value is -1.43. The Morgan fingerprint density at radius 3 is 2.29 bits per heavy atom. The number of likely N-dealkylation sites (tertiary alicyclic amines) is 2. The number of carboxylic acids is 1. The molecule has 0 bridgehead atoms. The van der Waals surface area contributed by atoms with E-state index in [0.29, 0.717) is 19.5 Å². The van der Waals surface area contributed by atoms with E-state index in [9.17, 15) is 19.5 Å². The maximum atomic E-state index is 12.4. The van der Waals surface area contributed by atoms with Gasteiger partial charge in [-0.1, -0.05) is 13.8 Å². The van der Waals surface area contributed by atoms with Gasteiger partial charge in [-0.05, 0) is 26.2 Å². The Morgan fingerprint density at radius 1 is 1.29 bits per heavy atom. The van der Waals surface area contributed by atoms with Gasteiger partial charge in [-0.25, -0.2) is 0 Å². The molecule has 1 N–H and O–H groups in total. The molecule has 6 heteroatoms. The number of hydrogen-bond acceptors (Lipinski definition) is 4. The van der Waals surface area contributed by atoms with Crippen molar-refractivity contribution < 1.29 is 19.5 Å². The molecule has 0 saturated carbocycles. The Labute approximate surface area is 125 Å². The Kier molecular flexibility index (Phi) is 4.10. The minimum Gasteiger partial charge on any atom is -0.481 e. The molecule has 2 rings (SSSR count). The van der Waals surface area contributed by atoms with Gasteiger partial charge in [0.15, 0.2) is 0 Å². The third kappa shape index (κ3) is 2.46. The molecule has 2 saturated heterocycles. The van der Waals surface area contributed by atoms with Crippen molar-refractivity contribution in [3.63, 3.8) is 0 Å². The molecular weight excluding hydrogens is 272 g/mol. The summed E-state index contributed by atoms with van der Waals surface area (Å²) in [6.45, 7) is 8.34. The first kappa shape index (κ1) is 15.9. The van der Waals surface area contributed by atoms with Gasteiger partial charge in [0.1, 0.15) is 0 Å². The summed E-state index contributed by atoms with van der Waals surface area (Å²) in [5.74, 6) is -1.15. The second kappa shape index (κ2) is 5.40. The molecule has 6 nitrogen and oxygen atoms in total. The van der Waals surface area contributed by atoms with Crippen molar-refractivity contribution in [2.45, 2.75) is 52.6 Å². The largest absolute Gasteiger partial charge is 0.481 e. The maximum absolute atomic E-state index is 12.4. The predicted octanol–water partition coefficient (Wildman–Crippen LogP) is 0.955. The minimum absolute atomic E-state index is 0.00610. The van der Waals surface area contributed by atoms with Crippen LogP contribution in [0.5, 0.6) is 0 Å². The maximum Gasteiger partial charge on any atom is 0.311 e. The summed E-state index contributed by atoms with van der Waals surface area (Å²) >= 11 is 0. The van der Waals surface area contributed by atoms with Crippen LogP contribution in [0.3, 0.4) is 0 Å².